The minimum Gasteiger partial charge on any atom is -0.456 e. The standard InChI is InChI=1S/C70H46N2OS2/c1-43-21-27-51(28-22-43)71(61-35-33-57-55-17-9-11-19-65(55)74-69(57)67(61)45-13-5-3-6-14-45)53-31-25-47-39-59-60-40-48-26-32-54(38-50(48)42-64(60)73-63(59)41-49(47)37-53)72(52-29-23-44(2)24-30-52)62-36-34-58-56-18-10-12-20-66(56)75-70(58)68(62)46-15-7-4-8-16-46/h3-42H,1-2H3. The van der Waals surface area contributed by atoms with E-state index < -0.39 is 0 Å². The van der Waals surface area contributed by atoms with E-state index in [4.69, 9.17) is 4.42 Å². The molecule has 0 spiro atoms. The Bertz CT molecular complexity index is 4420. The lowest BCUT2D eigenvalue weighted by molar-refractivity contribution is 0.670. The maximum absolute atomic E-state index is 6.92. The van der Waals surface area contributed by atoms with Gasteiger partial charge in [-0.05, 0) is 144 Å². The Morgan fingerprint density at radius 2 is 0.707 bits per heavy atom. The third-order valence-electron chi connectivity index (χ3n) is 15.1. The lowest BCUT2D eigenvalue weighted by atomic mass is 9.98. The second-order valence-electron chi connectivity index (χ2n) is 19.8. The van der Waals surface area contributed by atoms with Crippen molar-refractivity contribution in [1.82, 2.24) is 0 Å². The summed E-state index contributed by atoms with van der Waals surface area (Å²) in [5.41, 5.74) is 15.7. The van der Waals surface area contributed by atoms with Crippen LogP contribution in [0.4, 0.5) is 34.1 Å². The van der Waals surface area contributed by atoms with Gasteiger partial charge in [0.2, 0.25) is 0 Å². The summed E-state index contributed by atoms with van der Waals surface area (Å²) in [4.78, 5) is 4.86. The first kappa shape index (κ1) is 43.6. The molecule has 5 heteroatoms. The number of aryl methyl sites for hydroxylation is 2. The summed E-state index contributed by atoms with van der Waals surface area (Å²) in [6, 6.07) is 89.2. The maximum Gasteiger partial charge on any atom is 0.136 e. The van der Waals surface area contributed by atoms with Gasteiger partial charge in [0.1, 0.15) is 11.2 Å². The van der Waals surface area contributed by atoms with Gasteiger partial charge in [0.15, 0.2) is 0 Å². The van der Waals surface area contributed by atoms with Crippen LogP contribution in [0, 0.1) is 13.8 Å². The van der Waals surface area contributed by atoms with Crippen LogP contribution in [0.1, 0.15) is 11.1 Å². The smallest absolute Gasteiger partial charge is 0.136 e. The molecule has 0 unspecified atom stereocenters. The van der Waals surface area contributed by atoms with Gasteiger partial charge >= 0.3 is 0 Å². The monoisotopic (exact) mass is 994 g/mol. The second-order valence-corrected chi connectivity index (χ2v) is 21.9. The number of furan rings is 1. The maximum atomic E-state index is 6.92. The van der Waals surface area contributed by atoms with Gasteiger partial charge < -0.3 is 14.2 Å². The van der Waals surface area contributed by atoms with Gasteiger partial charge in [-0.15, -0.1) is 22.7 Å². The predicted molar refractivity (Wildman–Crippen MR) is 324 cm³/mol. The highest BCUT2D eigenvalue weighted by Crippen LogP contribution is 2.51. The van der Waals surface area contributed by atoms with E-state index in [2.05, 4.69) is 266 Å². The molecule has 15 aromatic rings. The van der Waals surface area contributed by atoms with Gasteiger partial charge in [0.05, 0.1) is 11.4 Å². The second kappa shape index (κ2) is 17.3. The van der Waals surface area contributed by atoms with Crippen LogP contribution in [-0.2, 0) is 0 Å². The van der Waals surface area contributed by atoms with E-state index in [1.807, 2.05) is 22.7 Å². The van der Waals surface area contributed by atoms with Crippen molar-refractivity contribution in [3.63, 3.8) is 0 Å². The van der Waals surface area contributed by atoms with Crippen molar-refractivity contribution in [2.75, 3.05) is 9.80 Å². The molecule has 0 N–H and O–H groups in total. The molecule has 3 aromatic heterocycles. The Morgan fingerprint density at radius 1 is 0.307 bits per heavy atom. The average molecular weight is 995 g/mol. The van der Waals surface area contributed by atoms with Gasteiger partial charge in [0.25, 0.3) is 0 Å². The van der Waals surface area contributed by atoms with Crippen molar-refractivity contribution >= 4 is 141 Å². The van der Waals surface area contributed by atoms with Crippen LogP contribution in [0.2, 0.25) is 0 Å². The summed E-state index contributed by atoms with van der Waals surface area (Å²) in [5.74, 6) is 0. The molecule has 0 saturated heterocycles. The van der Waals surface area contributed by atoms with Gasteiger partial charge in [0, 0.05) is 85.0 Å². The van der Waals surface area contributed by atoms with E-state index in [1.54, 1.807) is 0 Å². The molecule has 15 rings (SSSR count). The number of fused-ring (bicyclic) bond motifs is 11. The first-order chi connectivity index (χ1) is 37.0. The minimum absolute atomic E-state index is 0.870. The zero-order valence-electron chi connectivity index (χ0n) is 41.2. The highest BCUT2D eigenvalue weighted by molar-refractivity contribution is 7.26. The fourth-order valence-electron chi connectivity index (χ4n) is 11.5. The number of nitrogens with zero attached hydrogens (tertiary/aromatic N) is 2. The average Bonchev–Trinajstić information content (AvgIpc) is 4.19. The normalized spacial score (nSPS) is 11.9. The first-order valence-electron chi connectivity index (χ1n) is 25.5. The largest absolute Gasteiger partial charge is 0.456 e. The van der Waals surface area contributed by atoms with Crippen molar-refractivity contribution in [3.8, 4) is 22.3 Å². The quantitative estimate of drug-likeness (QED) is 0.151. The molecular formula is C70H46N2OS2. The zero-order valence-corrected chi connectivity index (χ0v) is 42.8. The zero-order chi connectivity index (χ0) is 49.7. The lowest BCUT2D eigenvalue weighted by Crippen LogP contribution is -2.11. The van der Waals surface area contributed by atoms with Crippen molar-refractivity contribution in [2.24, 2.45) is 0 Å². The van der Waals surface area contributed by atoms with Crippen LogP contribution in [0.25, 0.3) is 106 Å². The topological polar surface area (TPSA) is 19.6 Å². The molecule has 12 aromatic carbocycles. The van der Waals surface area contributed by atoms with Crippen LogP contribution >= 0.6 is 22.7 Å². The van der Waals surface area contributed by atoms with E-state index >= 15 is 0 Å². The number of benzene rings is 12. The predicted octanol–water partition coefficient (Wildman–Crippen LogP) is 21.5. The Morgan fingerprint density at radius 3 is 1.15 bits per heavy atom. The molecule has 0 aliphatic carbocycles. The summed E-state index contributed by atoms with van der Waals surface area (Å²) < 4.78 is 12.1. The minimum atomic E-state index is 0.870. The molecule has 0 aliphatic rings. The molecule has 3 nitrogen and oxygen atoms in total. The Labute approximate surface area is 442 Å². The summed E-state index contributed by atoms with van der Waals surface area (Å²) in [6.45, 7) is 4.30. The molecule has 3 heterocycles. The van der Waals surface area contributed by atoms with E-state index in [9.17, 15) is 0 Å². The van der Waals surface area contributed by atoms with Gasteiger partial charge in [-0.1, -0.05) is 157 Å². The fraction of sp³-hybridized carbons (Fsp3) is 0.0286. The molecule has 0 bridgehead atoms. The molecule has 0 aliphatic heterocycles. The third-order valence-corrected chi connectivity index (χ3v) is 17.5. The Balaban J connectivity index is 0.877. The summed E-state index contributed by atoms with van der Waals surface area (Å²) in [5, 5.41) is 11.9. The molecule has 0 saturated carbocycles. The SMILES string of the molecule is Cc1ccc(N(c2ccc3cc4c(cc3c2)oc2cc3cc(N(c5ccc(C)cc5)c5ccc6c(sc7ccccc76)c5-c5ccccc5)ccc3cc24)c2ccc3c(sc4ccccc43)c2-c2ccccc2)cc1. The van der Waals surface area contributed by atoms with E-state index in [-0.39, 0.29) is 0 Å². The van der Waals surface area contributed by atoms with Crippen LogP contribution in [0.15, 0.2) is 247 Å². The number of hydrogen-bond donors (Lipinski definition) is 0. The first-order valence-corrected chi connectivity index (χ1v) is 27.2. The van der Waals surface area contributed by atoms with Crippen molar-refractivity contribution in [1.29, 1.82) is 0 Å². The number of rotatable bonds is 8. The third kappa shape index (κ3) is 7.22. The molecule has 0 fully saturated rings. The number of hydrogen-bond acceptors (Lipinski definition) is 5. The summed E-state index contributed by atoms with van der Waals surface area (Å²) in [6.07, 6.45) is 0. The highest BCUT2D eigenvalue weighted by atomic mass is 32.1. The Hall–Kier alpha value is -9.00. The highest BCUT2D eigenvalue weighted by Gasteiger charge is 2.25. The molecule has 0 radical (unpaired) electrons. The molecular weight excluding hydrogens is 949 g/mol. The molecule has 75 heavy (non-hydrogen) atoms. The summed E-state index contributed by atoms with van der Waals surface area (Å²) in [7, 11) is 0. The Kier molecular flexibility index (Phi) is 10.1. The molecule has 0 atom stereocenters. The van der Waals surface area contributed by atoms with Gasteiger partial charge in [-0.25, -0.2) is 0 Å². The molecule has 354 valence electrons. The van der Waals surface area contributed by atoms with E-state index in [0.29, 0.717) is 0 Å². The van der Waals surface area contributed by atoms with Gasteiger partial charge in [-0.3, -0.25) is 0 Å². The van der Waals surface area contributed by atoms with Crippen molar-refractivity contribution in [2.45, 2.75) is 13.8 Å². The van der Waals surface area contributed by atoms with Crippen LogP contribution in [-0.4, -0.2) is 0 Å². The lowest BCUT2D eigenvalue weighted by Gasteiger charge is -2.28. The summed E-state index contributed by atoms with van der Waals surface area (Å²) >= 11 is 3.75. The van der Waals surface area contributed by atoms with Gasteiger partial charge in [-0.2, -0.15) is 0 Å². The van der Waals surface area contributed by atoms with Crippen molar-refractivity contribution < 1.29 is 4.42 Å². The molecule has 0 amide bonds. The number of thiophene rings is 2. The van der Waals surface area contributed by atoms with Crippen LogP contribution in [0.3, 0.4) is 0 Å². The van der Waals surface area contributed by atoms with E-state index in [0.717, 1.165) is 77.6 Å². The van der Waals surface area contributed by atoms with Crippen molar-refractivity contribution in [3.05, 3.63) is 254 Å². The van der Waals surface area contributed by atoms with Crippen LogP contribution in [0.5, 0.6) is 0 Å². The number of anilines is 6. The van der Waals surface area contributed by atoms with Crippen LogP contribution < -0.4 is 9.80 Å². The fourth-order valence-corrected chi connectivity index (χ4v) is 14.0. The van der Waals surface area contributed by atoms with E-state index in [1.165, 1.54) is 73.7 Å².